The molecule has 0 unspecified atom stereocenters. The minimum Gasteiger partial charge on any atom is -0.497 e. The second-order valence-electron chi connectivity index (χ2n) is 6.37. The SMILES string of the molecule is COc1ccc(-c2nc(C)cc(SCC(=O)Nc3ccc(C(C)=O)cc3)n2)cc1. The lowest BCUT2D eigenvalue weighted by atomic mass is 10.1. The van der Waals surface area contributed by atoms with Crippen LogP contribution < -0.4 is 10.1 Å². The molecule has 0 atom stereocenters. The number of anilines is 1. The van der Waals surface area contributed by atoms with Gasteiger partial charge in [-0.15, -0.1) is 0 Å². The summed E-state index contributed by atoms with van der Waals surface area (Å²) in [5.74, 6) is 1.44. The van der Waals surface area contributed by atoms with Crippen molar-refractivity contribution in [2.45, 2.75) is 18.9 Å². The van der Waals surface area contributed by atoms with Crippen molar-refractivity contribution < 1.29 is 14.3 Å². The predicted molar refractivity (Wildman–Crippen MR) is 115 cm³/mol. The molecule has 0 bridgehead atoms. The maximum absolute atomic E-state index is 12.3. The number of hydrogen-bond acceptors (Lipinski definition) is 6. The second kappa shape index (κ2) is 9.34. The number of carbonyl (C=O) groups excluding carboxylic acids is 2. The van der Waals surface area contributed by atoms with Gasteiger partial charge in [-0.1, -0.05) is 11.8 Å². The number of benzene rings is 2. The van der Waals surface area contributed by atoms with Gasteiger partial charge in [0.2, 0.25) is 5.91 Å². The molecule has 0 radical (unpaired) electrons. The molecule has 0 fully saturated rings. The van der Waals surface area contributed by atoms with Crippen LogP contribution in [-0.2, 0) is 4.79 Å². The van der Waals surface area contributed by atoms with Gasteiger partial charge in [0.1, 0.15) is 10.8 Å². The molecule has 0 aliphatic carbocycles. The van der Waals surface area contributed by atoms with Gasteiger partial charge >= 0.3 is 0 Å². The van der Waals surface area contributed by atoms with Crippen LogP contribution >= 0.6 is 11.8 Å². The number of thioether (sulfide) groups is 1. The quantitative estimate of drug-likeness (QED) is 0.355. The third kappa shape index (κ3) is 5.65. The molecule has 0 saturated heterocycles. The fraction of sp³-hybridized carbons (Fsp3) is 0.182. The van der Waals surface area contributed by atoms with E-state index in [0.717, 1.165) is 22.0 Å². The van der Waals surface area contributed by atoms with E-state index in [4.69, 9.17) is 4.74 Å². The number of ketones is 1. The summed E-state index contributed by atoms with van der Waals surface area (Å²) >= 11 is 1.34. The maximum Gasteiger partial charge on any atom is 0.234 e. The van der Waals surface area contributed by atoms with Gasteiger partial charge in [0.15, 0.2) is 11.6 Å². The van der Waals surface area contributed by atoms with E-state index >= 15 is 0 Å². The van der Waals surface area contributed by atoms with Crippen LogP contribution in [-0.4, -0.2) is 34.5 Å². The summed E-state index contributed by atoms with van der Waals surface area (Å²) in [6.45, 7) is 3.41. The minimum absolute atomic E-state index is 0.00905. The largest absolute Gasteiger partial charge is 0.497 e. The number of Topliss-reactive ketones (excluding diaryl/α,β-unsaturated/α-hetero) is 1. The summed E-state index contributed by atoms with van der Waals surface area (Å²) in [7, 11) is 1.62. The minimum atomic E-state index is -0.146. The second-order valence-corrected chi connectivity index (χ2v) is 7.37. The van der Waals surface area contributed by atoms with Crippen molar-refractivity contribution in [1.29, 1.82) is 0 Å². The van der Waals surface area contributed by atoms with Crippen LogP contribution in [0.15, 0.2) is 59.6 Å². The first kappa shape index (κ1) is 20.5. The topological polar surface area (TPSA) is 81.2 Å². The standard InChI is InChI=1S/C22H21N3O3S/c1-14-12-21(25-22(23-14)17-6-10-19(28-3)11-7-17)29-13-20(27)24-18-8-4-16(5-9-18)15(2)26/h4-12H,13H2,1-3H3,(H,24,27). The lowest BCUT2D eigenvalue weighted by Gasteiger charge is -2.08. The van der Waals surface area contributed by atoms with Crippen molar-refractivity contribution in [2.75, 3.05) is 18.2 Å². The fourth-order valence-corrected chi connectivity index (χ4v) is 3.36. The van der Waals surface area contributed by atoms with Gasteiger partial charge in [-0.25, -0.2) is 9.97 Å². The maximum atomic E-state index is 12.3. The van der Waals surface area contributed by atoms with Gasteiger partial charge < -0.3 is 10.1 Å². The number of ether oxygens (including phenoxy) is 1. The van der Waals surface area contributed by atoms with E-state index in [0.29, 0.717) is 17.1 Å². The molecule has 0 spiro atoms. The number of hydrogen-bond donors (Lipinski definition) is 1. The van der Waals surface area contributed by atoms with E-state index < -0.39 is 0 Å². The average molecular weight is 407 g/mol. The molecule has 2 aromatic carbocycles. The average Bonchev–Trinajstić information content (AvgIpc) is 2.72. The lowest BCUT2D eigenvalue weighted by Crippen LogP contribution is -2.14. The van der Waals surface area contributed by atoms with Crippen LogP contribution in [0.3, 0.4) is 0 Å². The number of carbonyl (C=O) groups is 2. The van der Waals surface area contributed by atoms with E-state index in [-0.39, 0.29) is 17.4 Å². The predicted octanol–water partition coefficient (Wildman–Crippen LogP) is 4.39. The summed E-state index contributed by atoms with van der Waals surface area (Å²) in [6, 6.07) is 16.2. The molecule has 1 amide bonds. The van der Waals surface area contributed by atoms with Gasteiger partial charge in [0.25, 0.3) is 0 Å². The van der Waals surface area contributed by atoms with Crippen molar-refractivity contribution in [1.82, 2.24) is 9.97 Å². The molecule has 0 saturated carbocycles. The Hall–Kier alpha value is -3.19. The number of nitrogens with zero attached hydrogens (tertiary/aromatic N) is 2. The van der Waals surface area contributed by atoms with Gasteiger partial charge in [0.05, 0.1) is 12.9 Å². The zero-order valence-corrected chi connectivity index (χ0v) is 17.2. The van der Waals surface area contributed by atoms with E-state index in [1.165, 1.54) is 18.7 Å². The normalized spacial score (nSPS) is 10.4. The van der Waals surface area contributed by atoms with Crippen molar-refractivity contribution in [3.63, 3.8) is 0 Å². The van der Waals surface area contributed by atoms with Crippen LogP contribution in [0.25, 0.3) is 11.4 Å². The number of aryl methyl sites for hydroxylation is 1. The van der Waals surface area contributed by atoms with Crippen LogP contribution in [0.1, 0.15) is 23.0 Å². The summed E-state index contributed by atoms with van der Waals surface area (Å²) < 4.78 is 5.18. The molecule has 0 aliphatic rings. The van der Waals surface area contributed by atoms with E-state index in [1.807, 2.05) is 37.3 Å². The Balaban J connectivity index is 1.64. The molecular formula is C22H21N3O3S. The first-order valence-corrected chi connectivity index (χ1v) is 9.97. The Morgan fingerprint density at radius 3 is 2.34 bits per heavy atom. The van der Waals surface area contributed by atoms with E-state index in [1.54, 1.807) is 31.4 Å². The molecule has 3 aromatic rings. The summed E-state index contributed by atoms with van der Waals surface area (Å²) in [4.78, 5) is 32.6. The number of aromatic nitrogens is 2. The summed E-state index contributed by atoms with van der Waals surface area (Å²) in [5, 5.41) is 3.55. The first-order chi connectivity index (χ1) is 13.9. The third-order valence-electron chi connectivity index (χ3n) is 4.11. The van der Waals surface area contributed by atoms with Crippen LogP contribution in [0, 0.1) is 6.92 Å². The highest BCUT2D eigenvalue weighted by molar-refractivity contribution is 7.99. The van der Waals surface area contributed by atoms with Crippen molar-refractivity contribution in [3.05, 3.63) is 65.9 Å². The molecule has 1 N–H and O–H groups in total. The number of methoxy groups -OCH3 is 1. The molecule has 1 heterocycles. The van der Waals surface area contributed by atoms with Gasteiger partial charge in [-0.2, -0.15) is 0 Å². The molecule has 3 rings (SSSR count). The highest BCUT2D eigenvalue weighted by Crippen LogP contribution is 2.23. The smallest absolute Gasteiger partial charge is 0.234 e. The van der Waals surface area contributed by atoms with Crippen LogP contribution in [0.4, 0.5) is 5.69 Å². The highest BCUT2D eigenvalue weighted by atomic mass is 32.2. The molecular weight excluding hydrogens is 386 g/mol. The van der Waals surface area contributed by atoms with E-state index in [9.17, 15) is 9.59 Å². The van der Waals surface area contributed by atoms with E-state index in [2.05, 4.69) is 15.3 Å². The Labute approximate surface area is 173 Å². The molecule has 1 aromatic heterocycles. The Kier molecular flexibility index (Phi) is 6.61. The van der Waals surface area contributed by atoms with Crippen LogP contribution in [0.2, 0.25) is 0 Å². The van der Waals surface area contributed by atoms with Crippen molar-refractivity contribution in [3.8, 4) is 17.1 Å². The Morgan fingerprint density at radius 2 is 1.72 bits per heavy atom. The number of rotatable bonds is 7. The van der Waals surface area contributed by atoms with Gasteiger partial charge in [-0.05, 0) is 68.4 Å². The lowest BCUT2D eigenvalue weighted by molar-refractivity contribution is -0.113. The number of nitrogens with one attached hydrogen (secondary N) is 1. The fourth-order valence-electron chi connectivity index (χ4n) is 2.61. The summed E-state index contributed by atoms with van der Waals surface area (Å²) in [5.41, 5.74) is 2.97. The molecule has 7 heteroatoms. The molecule has 29 heavy (non-hydrogen) atoms. The third-order valence-corrected chi connectivity index (χ3v) is 5.02. The Morgan fingerprint density at radius 1 is 1.03 bits per heavy atom. The molecule has 148 valence electrons. The Bertz CT molecular complexity index is 1020. The molecule has 0 aliphatic heterocycles. The zero-order chi connectivity index (χ0) is 20.8. The summed E-state index contributed by atoms with van der Waals surface area (Å²) in [6.07, 6.45) is 0. The number of amides is 1. The van der Waals surface area contributed by atoms with Gasteiger partial charge in [-0.3, -0.25) is 9.59 Å². The zero-order valence-electron chi connectivity index (χ0n) is 16.4. The van der Waals surface area contributed by atoms with Crippen molar-refractivity contribution in [2.24, 2.45) is 0 Å². The van der Waals surface area contributed by atoms with Gasteiger partial charge in [0, 0.05) is 22.5 Å². The first-order valence-electron chi connectivity index (χ1n) is 8.98. The highest BCUT2D eigenvalue weighted by Gasteiger charge is 2.09. The van der Waals surface area contributed by atoms with Crippen molar-refractivity contribution >= 4 is 29.1 Å². The monoisotopic (exact) mass is 407 g/mol. The molecule has 6 nitrogen and oxygen atoms in total. The van der Waals surface area contributed by atoms with Crippen LogP contribution in [0.5, 0.6) is 5.75 Å².